The number of nitrogens with zero attached hydrogens (tertiary/aromatic N) is 1. The van der Waals surface area contributed by atoms with Gasteiger partial charge in [0.25, 0.3) is 0 Å². The van der Waals surface area contributed by atoms with Crippen LogP contribution in [-0.4, -0.2) is 22.1 Å². The third kappa shape index (κ3) is 2.45. The molecule has 0 fully saturated rings. The van der Waals surface area contributed by atoms with Crippen molar-refractivity contribution in [2.45, 2.75) is 26.8 Å². The van der Waals surface area contributed by atoms with Crippen molar-refractivity contribution in [2.75, 3.05) is 5.32 Å². The summed E-state index contributed by atoms with van der Waals surface area (Å²) in [5.74, 6) is -0.207. The molecule has 1 aromatic heterocycles. The normalized spacial score (nSPS) is 10.3. The predicted molar refractivity (Wildman–Crippen MR) is 54.7 cm³/mol. The summed E-state index contributed by atoms with van der Waals surface area (Å²) in [4.78, 5) is 14.7. The minimum absolute atomic E-state index is 0.219. The van der Waals surface area contributed by atoms with Crippen molar-refractivity contribution >= 4 is 11.8 Å². The Bertz CT molecular complexity index is 348. The number of pyridine rings is 1. The van der Waals surface area contributed by atoms with Crippen LogP contribution in [-0.2, 0) is 0 Å². The molecule has 2 N–H and O–H groups in total. The molecule has 14 heavy (non-hydrogen) atoms. The topological polar surface area (TPSA) is 62.2 Å². The first-order valence-corrected chi connectivity index (χ1v) is 4.47. The fourth-order valence-electron chi connectivity index (χ4n) is 1.12. The lowest BCUT2D eigenvalue weighted by molar-refractivity contribution is 0.0696. The lowest BCUT2D eigenvalue weighted by Gasteiger charge is -2.11. The number of carbonyl (C=O) groups is 1. The number of carboxylic acid groups (broad SMARTS) is 1. The van der Waals surface area contributed by atoms with Crippen molar-refractivity contribution in [3.8, 4) is 0 Å². The van der Waals surface area contributed by atoms with E-state index in [4.69, 9.17) is 5.11 Å². The standard InChI is InChI=1S/C10H14N2O2/c1-6(2)12-9-7(3)4-8(5-11-9)10(13)14/h4-6H,1-3H3,(H,11,12)(H,13,14). The summed E-state index contributed by atoms with van der Waals surface area (Å²) in [6.07, 6.45) is 1.36. The van der Waals surface area contributed by atoms with Crippen LogP contribution in [0.2, 0.25) is 0 Å². The number of carboxylic acids is 1. The molecule has 76 valence electrons. The minimum Gasteiger partial charge on any atom is -0.478 e. The summed E-state index contributed by atoms with van der Waals surface area (Å²) in [6, 6.07) is 1.90. The highest BCUT2D eigenvalue weighted by Gasteiger charge is 2.07. The maximum Gasteiger partial charge on any atom is 0.337 e. The molecule has 1 heterocycles. The summed E-state index contributed by atoms with van der Waals surface area (Å²) in [5.41, 5.74) is 1.07. The van der Waals surface area contributed by atoms with Crippen LogP contribution in [0.4, 0.5) is 5.82 Å². The molecule has 0 amide bonds. The molecule has 1 aromatic rings. The first-order valence-electron chi connectivity index (χ1n) is 4.47. The number of anilines is 1. The second-order valence-corrected chi connectivity index (χ2v) is 3.49. The number of hydrogen-bond acceptors (Lipinski definition) is 3. The van der Waals surface area contributed by atoms with Gasteiger partial charge < -0.3 is 10.4 Å². The fraction of sp³-hybridized carbons (Fsp3) is 0.400. The van der Waals surface area contributed by atoms with Crippen LogP contribution in [0, 0.1) is 6.92 Å². The van der Waals surface area contributed by atoms with E-state index >= 15 is 0 Å². The first-order chi connectivity index (χ1) is 6.50. The van der Waals surface area contributed by atoms with E-state index in [1.165, 1.54) is 6.20 Å². The van der Waals surface area contributed by atoms with Gasteiger partial charge in [-0.1, -0.05) is 0 Å². The fourth-order valence-corrected chi connectivity index (χ4v) is 1.12. The van der Waals surface area contributed by atoms with Gasteiger partial charge in [-0.2, -0.15) is 0 Å². The van der Waals surface area contributed by atoms with Gasteiger partial charge in [-0.15, -0.1) is 0 Å². The van der Waals surface area contributed by atoms with Crippen LogP contribution < -0.4 is 5.32 Å². The number of aromatic nitrogens is 1. The Morgan fingerprint density at radius 2 is 2.21 bits per heavy atom. The molecule has 0 saturated carbocycles. The van der Waals surface area contributed by atoms with Gasteiger partial charge in [0.15, 0.2) is 0 Å². The van der Waals surface area contributed by atoms with E-state index in [0.717, 1.165) is 11.4 Å². The van der Waals surface area contributed by atoms with Crippen molar-refractivity contribution < 1.29 is 9.90 Å². The summed E-state index contributed by atoms with van der Waals surface area (Å²) in [6.45, 7) is 5.85. The van der Waals surface area contributed by atoms with Gasteiger partial charge in [0, 0.05) is 12.2 Å². The molecule has 0 bridgehead atoms. The Kier molecular flexibility index (Phi) is 3.06. The first kappa shape index (κ1) is 10.5. The van der Waals surface area contributed by atoms with Crippen LogP contribution in [0.15, 0.2) is 12.3 Å². The maximum atomic E-state index is 10.6. The lowest BCUT2D eigenvalue weighted by Crippen LogP contribution is -2.12. The van der Waals surface area contributed by atoms with Gasteiger partial charge in [-0.25, -0.2) is 9.78 Å². The largest absolute Gasteiger partial charge is 0.478 e. The zero-order valence-electron chi connectivity index (χ0n) is 8.53. The highest BCUT2D eigenvalue weighted by molar-refractivity contribution is 5.87. The molecule has 0 saturated heterocycles. The molecule has 0 aliphatic rings. The number of hydrogen-bond donors (Lipinski definition) is 2. The summed E-state index contributed by atoms with van der Waals surface area (Å²) in [5, 5.41) is 11.9. The predicted octanol–water partition coefficient (Wildman–Crippen LogP) is 1.91. The smallest absolute Gasteiger partial charge is 0.337 e. The zero-order chi connectivity index (χ0) is 10.7. The van der Waals surface area contributed by atoms with Gasteiger partial charge in [0.05, 0.1) is 5.56 Å². The molecule has 0 spiro atoms. The van der Waals surface area contributed by atoms with Crippen LogP contribution in [0.25, 0.3) is 0 Å². The summed E-state index contributed by atoms with van der Waals surface area (Å²) < 4.78 is 0. The highest BCUT2D eigenvalue weighted by atomic mass is 16.4. The van der Waals surface area contributed by atoms with Gasteiger partial charge in [-0.3, -0.25) is 0 Å². The molecule has 0 unspecified atom stereocenters. The number of nitrogens with one attached hydrogen (secondary N) is 1. The monoisotopic (exact) mass is 194 g/mol. The van der Waals surface area contributed by atoms with E-state index in [9.17, 15) is 4.79 Å². The van der Waals surface area contributed by atoms with Crippen molar-refractivity contribution in [1.29, 1.82) is 0 Å². The SMILES string of the molecule is Cc1cc(C(=O)O)cnc1NC(C)C. The Labute approximate surface area is 83.0 Å². The van der Waals surface area contributed by atoms with E-state index < -0.39 is 5.97 Å². The molecule has 4 nitrogen and oxygen atoms in total. The molecule has 0 aliphatic carbocycles. The highest BCUT2D eigenvalue weighted by Crippen LogP contribution is 2.13. The van der Waals surface area contributed by atoms with E-state index in [1.807, 2.05) is 20.8 Å². The van der Waals surface area contributed by atoms with Gasteiger partial charge in [0.2, 0.25) is 0 Å². The third-order valence-corrected chi connectivity index (χ3v) is 1.75. The van der Waals surface area contributed by atoms with E-state index in [1.54, 1.807) is 6.07 Å². The van der Waals surface area contributed by atoms with Crippen molar-refractivity contribution in [1.82, 2.24) is 4.98 Å². The lowest BCUT2D eigenvalue weighted by atomic mass is 10.2. The van der Waals surface area contributed by atoms with Crippen LogP contribution in [0.3, 0.4) is 0 Å². The van der Waals surface area contributed by atoms with E-state index in [2.05, 4.69) is 10.3 Å². The molecular formula is C10H14N2O2. The quantitative estimate of drug-likeness (QED) is 0.771. The van der Waals surface area contributed by atoms with Gasteiger partial charge in [0.1, 0.15) is 5.82 Å². The maximum absolute atomic E-state index is 10.6. The van der Waals surface area contributed by atoms with Crippen LogP contribution in [0.1, 0.15) is 29.8 Å². The Morgan fingerprint density at radius 3 is 2.64 bits per heavy atom. The Hall–Kier alpha value is -1.58. The second-order valence-electron chi connectivity index (χ2n) is 3.49. The summed E-state index contributed by atoms with van der Waals surface area (Å²) >= 11 is 0. The summed E-state index contributed by atoms with van der Waals surface area (Å²) in [7, 11) is 0. The van der Waals surface area contributed by atoms with Gasteiger partial charge in [-0.05, 0) is 32.4 Å². The number of aromatic carboxylic acids is 1. The van der Waals surface area contributed by atoms with Crippen molar-refractivity contribution in [3.05, 3.63) is 23.4 Å². The van der Waals surface area contributed by atoms with Crippen LogP contribution in [0.5, 0.6) is 0 Å². The minimum atomic E-state index is -0.948. The van der Waals surface area contributed by atoms with Gasteiger partial charge >= 0.3 is 5.97 Å². The average molecular weight is 194 g/mol. The molecule has 0 aromatic carbocycles. The molecule has 0 atom stereocenters. The Morgan fingerprint density at radius 1 is 1.57 bits per heavy atom. The Balaban J connectivity index is 2.95. The molecule has 0 aliphatic heterocycles. The van der Waals surface area contributed by atoms with Crippen LogP contribution >= 0.6 is 0 Å². The number of aryl methyl sites for hydroxylation is 1. The average Bonchev–Trinajstić information content (AvgIpc) is 2.07. The molecule has 1 rings (SSSR count). The van der Waals surface area contributed by atoms with E-state index in [-0.39, 0.29) is 11.6 Å². The molecular weight excluding hydrogens is 180 g/mol. The zero-order valence-corrected chi connectivity index (χ0v) is 8.53. The second kappa shape index (κ2) is 4.09. The molecule has 4 heteroatoms. The van der Waals surface area contributed by atoms with Crippen molar-refractivity contribution in [3.63, 3.8) is 0 Å². The van der Waals surface area contributed by atoms with E-state index in [0.29, 0.717) is 0 Å². The van der Waals surface area contributed by atoms with Crippen molar-refractivity contribution in [2.24, 2.45) is 0 Å². The third-order valence-electron chi connectivity index (χ3n) is 1.75. The number of rotatable bonds is 3. The molecule has 0 radical (unpaired) electrons.